The molecule has 1 aliphatic rings. The molecule has 0 unspecified atom stereocenters. The first-order valence-electron chi connectivity index (χ1n) is 9.25. The first kappa shape index (κ1) is 19.0. The first-order valence-corrected chi connectivity index (χ1v) is 9.25. The molecule has 0 aromatic heterocycles. The number of carbonyl (C=O) groups excluding carboxylic acids is 2. The van der Waals surface area contributed by atoms with Crippen molar-refractivity contribution in [1.82, 2.24) is 0 Å². The number of carbonyl (C=O) groups is 2. The molecule has 5 nitrogen and oxygen atoms in total. The Kier molecular flexibility index (Phi) is 5.22. The second-order valence-electron chi connectivity index (χ2n) is 7.76. The van der Waals surface area contributed by atoms with Gasteiger partial charge in [0.25, 0.3) is 5.91 Å². The third-order valence-corrected chi connectivity index (χ3v) is 4.74. The van der Waals surface area contributed by atoms with E-state index in [-0.39, 0.29) is 30.4 Å². The molecule has 1 N–H and O–H groups in total. The molecule has 0 bridgehead atoms. The van der Waals surface area contributed by atoms with Gasteiger partial charge in [0.2, 0.25) is 5.91 Å². The van der Waals surface area contributed by atoms with Gasteiger partial charge < -0.3 is 10.1 Å². The van der Waals surface area contributed by atoms with Crippen LogP contribution in [0.1, 0.15) is 38.8 Å². The van der Waals surface area contributed by atoms with Crippen LogP contribution >= 0.6 is 0 Å². The number of aryl methyl sites for hydroxylation is 1. The van der Waals surface area contributed by atoms with E-state index in [1.165, 1.54) is 4.90 Å². The maximum absolute atomic E-state index is 12.6. The van der Waals surface area contributed by atoms with Crippen LogP contribution in [0.3, 0.4) is 0 Å². The van der Waals surface area contributed by atoms with Gasteiger partial charge in [0.05, 0.1) is 5.69 Å². The zero-order chi connectivity index (χ0) is 19.6. The van der Waals surface area contributed by atoms with Crippen molar-refractivity contribution < 1.29 is 14.3 Å². The number of nitrogens with zero attached hydrogens (tertiary/aromatic N) is 1. The van der Waals surface area contributed by atoms with E-state index in [0.717, 1.165) is 23.2 Å². The zero-order valence-electron chi connectivity index (χ0n) is 16.3. The molecule has 0 saturated heterocycles. The number of ether oxygens (including phenoxy) is 1. The minimum atomic E-state index is -0.225. The lowest BCUT2D eigenvalue weighted by atomic mass is 9.86. The van der Waals surface area contributed by atoms with Gasteiger partial charge in [0.15, 0.2) is 6.61 Å². The molecule has 142 valence electrons. The molecule has 5 heteroatoms. The fourth-order valence-corrected chi connectivity index (χ4v) is 3.13. The number of nitrogens with one attached hydrogen (secondary N) is 1. The van der Waals surface area contributed by atoms with Crippen LogP contribution in [0.25, 0.3) is 0 Å². The minimum Gasteiger partial charge on any atom is -0.482 e. The van der Waals surface area contributed by atoms with Crippen molar-refractivity contribution in [2.24, 2.45) is 0 Å². The SMILES string of the molecule is CCc1ccccc1NC(=O)CN1C(=O)COc2cc(C(C)(C)C)ccc21. The topological polar surface area (TPSA) is 58.6 Å². The summed E-state index contributed by atoms with van der Waals surface area (Å²) in [5, 5.41) is 2.92. The molecule has 2 aromatic carbocycles. The van der Waals surface area contributed by atoms with Gasteiger partial charge in [-0.1, -0.05) is 52.0 Å². The Hall–Kier alpha value is -2.82. The summed E-state index contributed by atoms with van der Waals surface area (Å²) in [6.07, 6.45) is 0.825. The third kappa shape index (κ3) is 4.13. The Labute approximate surface area is 160 Å². The molecule has 27 heavy (non-hydrogen) atoms. The highest BCUT2D eigenvalue weighted by molar-refractivity contribution is 6.05. The number of fused-ring (bicyclic) bond motifs is 1. The normalized spacial score (nSPS) is 13.8. The van der Waals surface area contributed by atoms with E-state index in [9.17, 15) is 9.59 Å². The van der Waals surface area contributed by atoms with Crippen LogP contribution in [0.4, 0.5) is 11.4 Å². The molecule has 2 aromatic rings. The number of hydrogen-bond donors (Lipinski definition) is 1. The summed E-state index contributed by atoms with van der Waals surface area (Å²) in [5.41, 5.74) is 3.59. The lowest BCUT2D eigenvalue weighted by Crippen LogP contribution is -2.43. The quantitative estimate of drug-likeness (QED) is 0.892. The van der Waals surface area contributed by atoms with Crippen molar-refractivity contribution in [3.63, 3.8) is 0 Å². The van der Waals surface area contributed by atoms with Gasteiger partial charge in [-0.15, -0.1) is 0 Å². The van der Waals surface area contributed by atoms with E-state index < -0.39 is 0 Å². The van der Waals surface area contributed by atoms with Crippen LogP contribution in [-0.2, 0) is 21.4 Å². The van der Waals surface area contributed by atoms with Gasteiger partial charge >= 0.3 is 0 Å². The Morgan fingerprint density at radius 1 is 1.19 bits per heavy atom. The van der Waals surface area contributed by atoms with Gasteiger partial charge in [0.1, 0.15) is 12.3 Å². The highest BCUT2D eigenvalue weighted by Crippen LogP contribution is 2.36. The molecule has 1 aliphatic heterocycles. The van der Waals surface area contributed by atoms with Gasteiger partial charge in [-0.25, -0.2) is 0 Å². The van der Waals surface area contributed by atoms with Crippen LogP contribution in [0.15, 0.2) is 42.5 Å². The van der Waals surface area contributed by atoms with Crippen LogP contribution in [-0.4, -0.2) is 25.0 Å². The second-order valence-corrected chi connectivity index (χ2v) is 7.76. The Balaban J connectivity index is 1.81. The molecule has 2 amide bonds. The number of anilines is 2. The van der Waals surface area contributed by atoms with E-state index in [4.69, 9.17) is 4.74 Å². The van der Waals surface area contributed by atoms with Crippen molar-refractivity contribution >= 4 is 23.2 Å². The molecule has 0 spiro atoms. The predicted octanol–water partition coefficient (Wildman–Crippen LogP) is 3.91. The second kappa shape index (κ2) is 7.43. The number of hydrogen-bond acceptors (Lipinski definition) is 3. The van der Waals surface area contributed by atoms with E-state index in [0.29, 0.717) is 11.4 Å². The van der Waals surface area contributed by atoms with Crippen molar-refractivity contribution in [2.75, 3.05) is 23.4 Å². The number of amides is 2. The highest BCUT2D eigenvalue weighted by atomic mass is 16.5. The molecule has 0 aliphatic carbocycles. The Morgan fingerprint density at radius 2 is 1.93 bits per heavy atom. The number of benzene rings is 2. The van der Waals surface area contributed by atoms with Crippen LogP contribution in [0.5, 0.6) is 5.75 Å². The van der Waals surface area contributed by atoms with E-state index in [2.05, 4.69) is 26.1 Å². The molecule has 0 atom stereocenters. The molecular weight excluding hydrogens is 340 g/mol. The van der Waals surface area contributed by atoms with Crippen molar-refractivity contribution in [3.05, 3.63) is 53.6 Å². The summed E-state index contributed by atoms with van der Waals surface area (Å²) in [6.45, 7) is 8.32. The smallest absolute Gasteiger partial charge is 0.265 e. The van der Waals surface area contributed by atoms with Gasteiger partial charge in [-0.2, -0.15) is 0 Å². The maximum atomic E-state index is 12.6. The average Bonchev–Trinajstić information content (AvgIpc) is 2.63. The van der Waals surface area contributed by atoms with E-state index >= 15 is 0 Å². The third-order valence-electron chi connectivity index (χ3n) is 4.74. The fraction of sp³-hybridized carbons (Fsp3) is 0.364. The summed E-state index contributed by atoms with van der Waals surface area (Å²) in [6, 6.07) is 13.5. The summed E-state index contributed by atoms with van der Waals surface area (Å²) in [4.78, 5) is 26.5. The minimum absolute atomic E-state index is 0.0219. The van der Waals surface area contributed by atoms with Crippen LogP contribution < -0.4 is 15.0 Å². The monoisotopic (exact) mass is 366 g/mol. The average molecular weight is 366 g/mol. The maximum Gasteiger partial charge on any atom is 0.265 e. The number of para-hydroxylation sites is 1. The first-order chi connectivity index (χ1) is 12.8. The lowest BCUT2D eigenvalue weighted by molar-refractivity contribution is -0.123. The predicted molar refractivity (Wildman–Crippen MR) is 107 cm³/mol. The van der Waals surface area contributed by atoms with Crippen LogP contribution in [0.2, 0.25) is 0 Å². The molecular formula is C22H26N2O3. The fourth-order valence-electron chi connectivity index (χ4n) is 3.13. The van der Waals surface area contributed by atoms with E-state index in [1.807, 2.05) is 49.4 Å². The molecule has 0 fully saturated rings. The summed E-state index contributed by atoms with van der Waals surface area (Å²) in [7, 11) is 0. The Bertz CT molecular complexity index is 868. The standard InChI is InChI=1S/C22H26N2O3/c1-5-15-8-6-7-9-17(15)23-20(25)13-24-18-11-10-16(22(2,3)4)12-19(18)27-14-21(24)26/h6-12H,5,13-14H2,1-4H3,(H,23,25). The molecule has 0 saturated carbocycles. The van der Waals surface area contributed by atoms with Gasteiger partial charge in [-0.05, 0) is 41.2 Å². The largest absolute Gasteiger partial charge is 0.482 e. The summed E-state index contributed by atoms with van der Waals surface area (Å²) < 4.78 is 5.62. The van der Waals surface area contributed by atoms with Gasteiger partial charge in [0, 0.05) is 5.69 Å². The molecule has 1 heterocycles. The number of rotatable bonds is 4. The highest BCUT2D eigenvalue weighted by Gasteiger charge is 2.28. The molecule has 0 radical (unpaired) electrons. The lowest BCUT2D eigenvalue weighted by Gasteiger charge is -2.30. The van der Waals surface area contributed by atoms with Crippen molar-refractivity contribution in [1.29, 1.82) is 0 Å². The summed E-state index contributed by atoms with van der Waals surface area (Å²) in [5.74, 6) is 0.200. The molecule has 3 rings (SSSR count). The van der Waals surface area contributed by atoms with Crippen LogP contribution in [0, 0.1) is 0 Å². The van der Waals surface area contributed by atoms with Gasteiger partial charge in [-0.3, -0.25) is 14.5 Å². The zero-order valence-corrected chi connectivity index (χ0v) is 16.3. The van der Waals surface area contributed by atoms with Crippen molar-refractivity contribution in [3.8, 4) is 5.75 Å². The van der Waals surface area contributed by atoms with E-state index in [1.54, 1.807) is 0 Å². The summed E-state index contributed by atoms with van der Waals surface area (Å²) >= 11 is 0. The van der Waals surface area contributed by atoms with Crippen molar-refractivity contribution in [2.45, 2.75) is 39.5 Å². The Morgan fingerprint density at radius 3 is 2.63 bits per heavy atom.